The smallest absolute Gasteiger partial charge is 0.243 e. The van der Waals surface area contributed by atoms with Crippen LogP contribution in [0, 0.1) is 6.92 Å². The molecule has 0 atom stereocenters. The molecule has 10 heteroatoms. The number of amides is 1. The fourth-order valence-electron chi connectivity index (χ4n) is 2.18. The lowest BCUT2D eigenvalue weighted by Crippen LogP contribution is -2.35. The first-order valence-electron chi connectivity index (χ1n) is 8.08. The molecule has 0 aliphatic rings. The molecule has 2 aromatic rings. The molecule has 0 saturated carbocycles. The number of anilines is 1. The van der Waals surface area contributed by atoms with Crippen molar-refractivity contribution < 1.29 is 21.6 Å². The molecule has 0 fully saturated rings. The molecule has 1 heterocycles. The van der Waals surface area contributed by atoms with Crippen LogP contribution in [0.1, 0.15) is 12.5 Å². The summed E-state index contributed by atoms with van der Waals surface area (Å²) in [6.07, 6.45) is 1.59. The lowest BCUT2D eigenvalue weighted by molar-refractivity contribution is -0.116. The molecule has 2 rings (SSSR count). The van der Waals surface area contributed by atoms with Crippen LogP contribution < -0.4 is 5.32 Å². The largest absolute Gasteiger partial charge is 0.310 e. The summed E-state index contributed by atoms with van der Waals surface area (Å²) in [5.41, 5.74) is 0.932. The Morgan fingerprint density at radius 1 is 1.04 bits per heavy atom. The van der Waals surface area contributed by atoms with Crippen molar-refractivity contribution in [3.63, 3.8) is 0 Å². The molecule has 8 nitrogen and oxygen atoms in total. The van der Waals surface area contributed by atoms with Gasteiger partial charge < -0.3 is 5.32 Å². The number of hydrogen-bond acceptors (Lipinski definition) is 6. The Morgan fingerprint density at radius 2 is 1.63 bits per heavy atom. The van der Waals surface area contributed by atoms with Crippen molar-refractivity contribution in [2.45, 2.75) is 23.6 Å². The zero-order valence-corrected chi connectivity index (χ0v) is 16.8. The van der Waals surface area contributed by atoms with Crippen LogP contribution in [0.2, 0.25) is 0 Å². The van der Waals surface area contributed by atoms with Gasteiger partial charge in [0.1, 0.15) is 5.82 Å². The van der Waals surface area contributed by atoms with E-state index in [9.17, 15) is 21.6 Å². The quantitative estimate of drug-likeness (QED) is 0.738. The second-order valence-electron chi connectivity index (χ2n) is 5.90. The van der Waals surface area contributed by atoms with Gasteiger partial charge in [0.2, 0.25) is 15.9 Å². The number of pyridine rings is 1. The van der Waals surface area contributed by atoms with Gasteiger partial charge in [-0.25, -0.2) is 21.8 Å². The van der Waals surface area contributed by atoms with E-state index in [1.165, 1.54) is 38.2 Å². The highest BCUT2D eigenvalue weighted by Crippen LogP contribution is 2.18. The Labute approximate surface area is 159 Å². The fourth-order valence-corrected chi connectivity index (χ4v) is 4.19. The summed E-state index contributed by atoms with van der Waals surface area (Å²) in [4.78, 5) is 16.1. The van der Waals surface area contributed by atoms with Crippen molar-refractivity contribution in [1.29, 1.82) is 0 Å². The average Bonchev–Trinajstić information content (AvgIpc) is 2.63. The zero-order valence-electron chi connectivity index (χ0n) is 15.2. The number of sulfone groups is 1. The molecular formula is C17H21N3O5S2. The van der Waals surface area contributed by atoms with E-state index in [0.29, 0.717) is 5.82 Å². The number of rotatable bonds is 7. The molecule has 0 aliphatic heterocycles. The van der Waals surface area contributed by atoms with Gasteiger partial charge in [-0.15, -0.1) is 0 Å². The predicted octanol–water partition coefficient (Wildman–Crippen LogP) is 1.44. The summed E-state index contributed by atoms with van der Waals surface area (Å²) in [5, 5.41) is 2.52. The van der Waals surface area contributed by atoms with E-state index in [0.717, 1.165) is 9.87 Å². The summed E-state index contributed by atoms with van der Waals surface area (Å²) in [6, 6.07) is 8.32. The molecule has 1 amide bonds. The summed E-state index contributed by atoms with van der Waals surface area (Å²) in [5.74, 6) is -0.292. The fraction of sp³-hybridized carbons (Fsp3) is 0.294. The van der Waals surface area contributed by atoms with Gasteiger partial charge in [0.05, 0.1) is 22.1 Å². The van der Waals surface area contributed by atoms with Gasteiger partial charge in [0, 0.05) is 13.2 Å². The molecule has 0 bridgehead atoms. The first kappa shape index (κ1) is 21.0. The molecule has 27 heavy (non-hydrogen) atoms. The highest BCUT2D eigenvalue weighted by atomic mass is 32.2. The number of aryl methyl sites for hydroxylation is 1. The van der Waals surface area contributed by atoms with E-state index in [-0.39, 0.29) is 15.5 Å². The number of nitrogens with zero attached hydrogens (tertiary/aromatic N) is 2. The standard InChI is InChI=1S/C17H21N3O5S2/c1-4-26(22,23)14-6-8-15(9-7-14)27(24,25)20(3)12-17(21)19-16-10-5-13(2)11-18-16/h5-11H,4,12H2,1-3H3,(H,18,19,21). The van der Waals surface area contributed by atoms with Crippen LogP contribution in [0.5, 0.6) is 0 Å². The molecular weight excluding hydrogens is 390 g/mol. The minimum Gasteiger partial charge on any atom is -0.310 e. The number of benzene rings is 1. The minimum absolute atomic E-state index is 0.0507. The van der Waals surface area contributed by atoms with Gasteiger partial charge in [-0.05, 0) is 42.8 Å². The topological polar surface area (TPSA) is 114 Å². The van der Waals surface area contributed by atoms with Crippen molar-refractivity contribution in [2.24, 2.45) is 0 Å². The van der Waals surface area contributed by atoms with E-state index in [2.05, 4.69) is 10.3 Å². The third kappa shape index (κ3) is 5.12. The van der Waals surface area contributed by atoms with Gasteiger partial charge in [0.15, 0.2) is 9.84 Å². The SMILES string of the molecule is CCS(=O)(=O)c1ccc(S(=O)(=O)N(C)CC(=O)Nc2ccc(C)cn2)cc1. The van der Waals surface area contributed by atoms with Crippen molar-refractivity contribution in [3.05, 3.63) is 48.2 Å². The number of likely N-dealkylation sites (N-methyl/N-ethyl adjacent to an activating group) is 1. The minimum atomic E-state index is -3.94. The van der Waals surface area contributed by atoms with Crippen molar-refractivity contribution in [2.75, 3.05) is 24.7 Å². The van der Waals surface area contributed by atoms with Crippen molar-refractivity contribution in [3.8, 4) is 0 Å². The maximum absolute atomic E-state index is 12.6. The van der Waals surface area contributed by atoms with E-state index < -0.39 is 32.3 Å². The number of nitrogens with one attached hydrogen (secondary N) is 1. The van der Waals surface area contributed by atoms with E-state index in [1.54, 1.807) is 18.3 Å². The maximum atomic E-state index is 12.6. The molecule has 1 aromatic carbocycles. The maximum Gasteiger partial charge on any atom is 0.243 e. The van der Waals surface area contributed by atoms with Gasteiger partial charge in [-0.2, -0.15) is 4.31 Å². The van der Waals surface area contributed by atoms with Gasteiger partial charge in [-0.1, -0.05) is 13.0 Å². The monoisotopic (exact) mass is 411 g/mol. The van der Waals surface area contributed by atoms with Crippen LogP contribution in [0.4, 0.5) is 5.82 Å². The third-order valence-electron chi connectivity index (χ3n) is 3.82. The Kier molecular flexibility index (Phi) is 6.34. The normalized spacial score (nSPS) is 12.1. The Balaban J connectivity index is 2.11. The lowest BCUT2D eigenvalue weighted by atomic mass is 10.3. The summed E-state index contributed by atoms with van der Waals surface area (Å²) < 4.78 is 49.7. The summed E-state index contributed by atoms with van der Waals surface area (Å²) in [7, 11) is -6.09. The lowest BCUT2D eigenvalue weighted by Gasteiger charge is -2.17. The highest BCUT2D eigenvalue weighted by Gasteiger charge is 2.24. The van der Waals surface area contributed by atoms with Crippen LogP contribution in [-0.2, 0) is 24.7 Å². The Morgan fingerprint density at radius 3 is 2.15 bits per heavy atom. The number of hydrogen-bond donors (Lipinski definition) is 1. The van der Waals surface area contributed by atoms with E-state index in [1.807, 2.05) is 6.92 Å². The van der Waals surface area contributed by atoms with Crippen LogP contribution in [0.3, 0.4) is 0 Å². The Hall–Kier alpha value is -2.30. The molecule has 1 N–H and O–H groups in total. The molecule has 0 spiro atoms. The number of sulfonamides is 1. The van der Waals surface area contributed by atoms with Gasteiger partial charge in [0.25, 0.3) is 0 Å². The predicted molar refractivity (Wildman–Crippen MR) is 102 cm³/mol. The van der Waals surface area contributed by atoms with Crippen molar-refractivity contribution in [1.82, 2.24) is 9.29 Å². The first-order valence-corrected chi connectivity index (χ1v) is 11.2. The summed E-state index contributed by atoms with van der Waals surface area (Å²) >= 11 is 0. The van der Waals surface area contributed by atoms with Crippen molar-refractivity contribution >= 4 is 31.6 Å². The number of carbonyl (C=O) groups is 1. The van der Waals surface area contributed by atoms with Gasteiger partial charge >= 0.3 is 0 Å². The van der Waals surface area contributed by atoms with E-state index in [4.69, 9.17) is 0 Å². The third-order valence-corrected chi connectivity index (χ3v) is 7.38. The number of aromatic nitrogens is 1. The average molecular weight is 412 g/mol. The van der Waals surface area contributed by atoms with Crippen LogP contribution >= 0.6 is 0 Å². The van der Waals surface area contributed by atoms with Gasteiger partial charge in [-0.3, -0.25) is 4.79 Å². The first-order chi connectivity index (χ1) is 12.6. The summed E-state index contributed by atoms with van der Waals surface area (Å²) in [6.45, 7) is 2.96. The molecule has 0 saturated heterocycles. The van der Waals surface area contributed by atoms with Crippen LogP contribution in [-0.4, -0.2) is 51.4 Å². The molecule has 1 aromatic heterocycles. The Bertz CT molecular complexity index is 1020. The van der Waals surface area contributed by atoms with Crippen LogP contribution in [0.15, 0.2) is 52.4 Å². The zero-order chi connectivity index (χ0) is 20.2. The molecule has 0 radical (unpaired) electrons. The number of carbonyl (C=O) groups excluding carboxylic acids is 1. The molecule has 0 unspecified atom stereocenters. The second kappa shape index (κ2) is 8.15. The van der Waals surface area contributed by atoms with Crippen LogP contribution in [0.25, 0.3) is 0 Å². The second-order valence-corrected chi connectivity index (χ2v) is 10.2. The molecule has 146 valence electrons. The molecule has 0 aliphatic carbocycles. The highest BCUT2D eigenvalue weighted by molar-refractivity contribution is 7.91. The van der Waals surface area contributed by atoms with E-state index >= 15 is 0 Å².